The van der Waals surface area contributed by atoms with Crippen LogP contribution in [0.15, 0.2) is 61.2 Å². The Kier molecular flexibility index (Phi) is 4.78. The van der Waals surface area contributed by atoms with Crippen LogP contribution in [0, 0.1) is 6.92 Å². The summed E-state index contributed by atoms with van der Waals surface area (Å²) in [5, 5.41) is 7.45. The molecule has 0 unspecified atom stereocenters. The van der Waals surface area contributed by atoms with Crippen molar-refractivity contribution in [3.63, 3.8) is 0 Å². The molecule has 0 radical (unpaired) electrons. The second-order valence-corrected chi connectivity index (χ2v) is 7.53. The molecule has 2 atom stereocenters. The average molecular weight is 419 g/mol. The molecule has 4 heterocycles. The van der Waals surface area contributed by atoms with Gasteiger partial charge in [-0.3, -0.25) is 4.79 Å². The lowest BCUT2D eigenvalue weighted by Gasteiger charge is -2.23. The van der Waals surface area contributed by atoms with Crippen molar-refractivity contribution in [3.05, 3.63) is 66.7 Å². The third kappa shape index (κ3) is 3.70. The zero-order valence-electron chi connectivity index (χ0n) is 16.8. The molecule has 1 amide bonds. The molecular weight excluding hydrogens is 397 g/mol. The van der Waals surface area contributed by atoms with Gasteiger partial charge in [0.05, 0.1) is 18.3 Å². The number of benzene rings is 1. The number of aryl methyl sites for hydroxylation is 1. The Morgan fingerprint density at radius 1 is 1.19 bits per heavy atom. The third-order valence-corrected chi connectivity index (χ3v) is 5.39. The first kappa shape index (κ1) is 19.1. The molecule has 0 spiro atoms. The molecule has 0 saturated carbocycles. The SMILES string of the molecule is Cc1ccc(NC(=O)[C@H]2C[C@@H](F)CN2c2ncccn2)cc1-c1ncc2cccn2n1.[HH]. The number of hydrogen-bond acceptors (Lipinski definition) is 6. The predicted octanol–water partition coefficient (Wildman–Crippen LogP) is 3.30. The summed E-state index contributed by atoms with van der Waals surface area (Å²) in [6.07, 6.45) is 5.75. The maximum absolute atomic E-state index is 14.2. The molecular formula is C22H22FN7O. The highest BCUT2D eigenvalue weighted by Crippen LogP contribution is 2.27. The molecule has 1 fully saturated rings. The largest absolute Gasteiger partial charge is 0.326 e. The third-order valence-electron chi connectivity index (χ3n) is 5.39. The van der Waals surface area contributed by atoms with E-state index in [0.717, 1.165) is 16.6 Å². The molecule has 1 N–H and O–H groups in total. The number of rotatable bonds is 4. The molecule has 5 rings (SSSR count). The summed E-state index contributed by atoms with van der Waals surface area (Å²) in [6, 6.07) is 10.4. The Morgan fingerprint density at radius 2 is 2.03 bits per heavy atom. The molecule has 8 nitrogen and oxygen atoms in total. The highest BCUT2D eigenvalue weighted by Gasteiger charge is 2.38. The zero-order valence-corrected chi connectivity index (χ0v) is 16.8. The Bertz CT molecular complexity index is 1250. The molecule has 3 aromatic heterocycles. The van der Waals surface area contributed by atoms with E-state index in [-0.39, 0.29) is 20.3 Å². The topological polar surface area (TPSA) is 88.3 Å². The predicted molar refractivity (Wildman–Crippen MR) is 117 cm³/mol. The lowest BCUT2D eigenvalue weighted by Crippen LogP contribution is -2.40. The zero-order chi connectivity index (χ0) is 21.4. The second kappa shape index (κ2) is 7.75. The van der Waals surface area contributed by atoms with Gasteiger partial charge in [0.2, 0.25) is 11.9 Å². The van der Waals surface area contributed by atoms with Gasteiger partial charge in [-0.15, -0.1) is 5.10 Å². The van der Waals surface area contributed by atoms with Crippen molar-refractivity contribution >= 4 is 23.1 Å². The number of anilines is 2. The molecule has 0 bridgehead atoms. The Labute approximate surface area is 179 Å². The van der Waals surface area contributed by atoms with Crippen molar-refractivity contribution in [2.45, 2.75) is 25.6 Å². The van der Waals surface area contributed by atoms with Gasteiger partial charge < -0.3 is 10.2 Å². The summed E-state index contributed by atoms with van der Waals surface area (Å²) in [4.78, 5) is 27.4. The first-order valence-electron chi connectivity index (χ1n) is 9.98. The fourth-order valence-electron chi connectivity index (χ4n) is 3.82. The molecule has 1 aliphatic heterocycles. The van der Waals surface area contributed by atoms with E-state index >= 15 is 0 Å². The van der Waals surface area contributed by atoms with Crippen LogP contribution in [0.2, 0.25) is 0 Å². The van der Waals surface area contributed by atoms with E-state index in [4.69, 9.17) is 0 Å². The van der Waals surface area contributed by atoms with Gasteiger partial charge in [0.1, 0.15) is 12.2 Å². The normalized spacial score (nSPS) is 18.5. The van der Waals surface area contributed by atoms with E-state index in [9.17, 15) is 9.18 Å². The number of nitrogens with zero attached hydrogens (tertiary/aromatic N) is 6. The molecule has 4 aromatic rings. The molecule has 1 aliphatic rings. The smallest absolute Gasteiger partial charge is 0.247 e. The summed E-state index contributed by atoms with van der Waals surface area (Å²) in [5.41, 5.74) is 3.29. The second-order valence-electron chi connectivity index (χ2n) is 7.53. The van der Waals surface area contributed by atoms with Gasteiger partial charge in [0.25, 0.3) is 0 Å². The Hall–Kier alpha value is -3.88. The van der Waals surface area contributed by atoms with Gasteiger partial charge in [-0.1, -0.05) is 6.07 Å². The van der Waals surface area contributed by atoms with Crippen LogP contribution in [0.3, 0.4) is 0 Å². The van der Waals surface area contributed by atoms with E-state index in [2.05, 4.69) is 25.4 Å². The number of aromatic nitrogens is 5. The van der Waals surface area contributed by atoms with Crippen LogP contribution in [0.1, 0.15) is 13.4 Å². The van der Waals surface area contributed by atoms with Crippen molar-refractivity contribution in [3.8, 4) is 11.4 Å². The van der Waals surface area contributed by atoms with Crippen LogP contribution in [0.5, 0.6) is 0 Å². The van der Waals surface area contributed by atoms with Crippen LogP contribution < -0.4 is 10.2 Å². The minimum atomic E-state index is -1.12. The lowest BCUT2D eigenvalue weighted by molar-refractivity contribution is -0.117. The van der Waals surface area contributed by atoms with Crippen LogP contribution in [-0.2, 0) is 4.79 Å². The number of alkyl halides is 1. The van der Waals surface area contributed by atoms with Crippen molar-refractivity contribution in [1.29, 1.82) is 0 Å². The quantitative estimate of drug-likeness (QED) is 0.546. The highest BCUT2D eigenvalue weighted by atomic mass is 19.1. The number of hydrogen-bond donors (Lipinski definition) is 1. The number of amides is 1. The summed E-state index contributed by atoms with van der Waals surface area (Å²) < 4.78 is 15.9. The van der Waals surface area contributed by atoms with E-state index in [1.165, 1.54) is 0 Å². The minimum Gasteiger partial charge on any atom is -0.326 e. The van der Waals surface area contributed by atoms with E-state index in [0.29, 0.717) is 17.5 Å². The van der Waals surface area contributed by atoms with Crippen LogP contribution >= 0.6 is 0 Å². The van der Waals surface area contributed by atoms with E-state index in [1.807, 2.05) is 43.5 Å². The summed E-state index contributed by atoms with van der Waals surface area (Å²) >= 11 is 0. The van der Waals surface area contributed by atoms with Gasteiger partial charge in [-0.25, -0.2) is 23.9 Å². The molecule has 31 heavy (non-hydrogen) atoms. The molecule has 0 aliphatic carbocycles. The minimum absolute atomic E-state index is 0. The Morgan fingerprint density at radius 3 is 2.87 bits per heavy atom. The number of halogens is 1. The fourth-order valence-corrected chi connectivity index (χ4v) is 3.82. The van der Waals surface area contributed by atoms with Crippen LogP contribution in [0.25, 0.3) is 16.9 Å². The number of carbonyl (C=O) groups is 1. The standard InChI is InChI=1S/C22H20FN7O.H2/c1-14-5-6-16(11-18(14)20-26-12-17-4-2-9-30(17)28-20)27-21(31)19-10-15(23)13-29(19)22-24-7-3-8-25-22;/h2-9,11-12,15,19H,10,13H2,1H3,(H,27,31);1H/t15-,19-;/m1./s1. The van der Waals surface area contributed by atoms with Gasteiger partial charge in [-0.2, -0.15) is 0 Å². The Balaban J connectivity index is 0.00000245. The molecule has 1 saturated heterocycles. The first-order chi connectivity index (χ1) is 15.1. The molecule has 9 heteroatoms. The molecule has 158 valence electrons. The summed E-state index contributed by atoms with van der Waals surface area (Å²) in [6.45, 7) is 2.05. The summed E-state index contributed by atoms with van der Waals surface area (Å²) in [7, 11) is 0. The number of nitrogens with one attached hydrogen (secondary N) is 1. The van der Waals surface area contributed by atoms with Crippen LogP contribution in [-0.4, -0.2) is 49.2 Å². The maximum Gasteiger partial charge on any atom is 0.247 e. The van der Waals surface area contributed by atoms with E-state index in [1.54, 1.807) is 34.1 Å². The first-order valence-corrected chi connectivity index (χ1v) is 9.98. The monoisotopic (exact) mass is 419 g/mol. The maximum atomic E-state index is 14.2. The van der Waals surface area contributed by atoms with Gasteiger partial charge in [0, 0.05) is 37.7 Å². The fraction of sp³-hybridized carbons (Fsp3) is 0.227. The lowest BCUT2D eigenvalue weighted by atomic mass is 10.1. The van der Waals surface area contributed by atoms with E-state index < -0.39 is 12.2 Å². The van der Waals surface area contributed by atoms with Crippen molar-refractivity contribution < 1.29 is 10.6 Å². The number of carbonyl (C=O) groups excluding carboxylic acids is 1. The average Bonchev–Trinajstić information content (AvgIpc) is 3.41. The summed E-state index contributed by atoms with van der Waals surface area (Å²) in [5.74, 6) is 0.603. The van der Waals surface area contributed by atoms with Crippen molar-refractivity contribution in [2.24, 2.45) is 0 Å². The van der Waals surface area contributed by atoms with Crippen LogP contribution in [0.4, 0.5) is 16.0 Å². The highest BCUT2D eigenvalue weighted by molar-refractivity contribution is 5.97. The van der Waals surface area contributed by atoms with Crippen molar-refractivity contribution in [2.75, 3.05) is 16.8 Å². The van der Waals surface area contributed by atoms with Gasteiger partial charge in [-0.05, 0) is 42.8 Å². The van der Waals surface area contributed by atoms with Gasteiger partial charge >= 0.3 is 0 Å². The number of fused-ring (bicyclic) bond motifs is 1. The van der Waals surface area contributed by atoms with Crippen molar-refractivity contribution in [1.82, 2.24) is 24.6 Å². The van der Waals surface area contributed by atoms with Gasteiger partial charge in [0.15, 0.2) is 5.82 Å². The molecule has 1 aromatic carbocycles.